The van der Waals surface area contributed by atoms with E-state index in [1.54, 1.807) is 5.51 Å². The number of rotatable bonds is 2. The number of hydrogen-bond acceptors (Lipinski definition) is 8. The average molecular weight is 300 g/mol. The predicted octanol–water partition coefficient (Wildman–Crippen LogP) is 1.30. The van der Waals surface area contributed by atoms with E-state index >= 15 is 0 Å². The van der Waals surface area contributed by atoms with Crippen LogP contribution in [-0.4, -0.2) is 32.2 Å². The third kappa shape index (κ3) is 6.52. The lowest BCUT2D eigenvalue weighted by Gasteiger charge is -1.89. The van der Waals surface area contributed by atoms with Gasteiger partial charge in [-0.3, -0.25) is 9.59 Å². The van der Waals surface area contributed by atoms with Gasteiger partial charge in [-0.2, -0.15) is 0 Å². The fraction of sp³-hybridized carbons (Fsp3) is 0.333. The van der Waals surface area contributed by atoms with Crippen LogP contribution in [0.25, 0.3) is 0 Å². The molecule has 0 saturated heterocycles. The number of anilines is 2. The zero-order chi connectivity index (χ0) is 14.3. The van der Waals surface area contributed by atoms with Crippen LogP contribution in [0.15, 0.2) is 5.51 Å². The van der Waals surface area contributed by atoms with Gasteiger partial charge in [0.05, 0.1) is 0 Å². The Kier molecular flexibility index (Phi) is 5.96. The lowest BCUT2D eigenvalue weighted by molar-refractivity contribution is -0.115. The molecule has 0 fully saturated rings. The van der Waals surface area contributed by atoms with Crippen LogP contribution in [0.4, 0.5) is 10.3 Å². The Labute approximate surface area is 117 Å². The van der Waals surface area contributed by atoms with Crippen molar-refractivity contribution in [3.05, 3.63) is 10.5 Å². The first kappa shape index (κ1) is 15.1. The Morgan fingerprint density at radius 1 is 1.05 bits per heavy atom. The van der Waals surface area contributed by atoms with Crippen molar-refractivity contribution >= 4 is 44.8 Å². The smallest absolute Gasteiger partial charge is 0.223 e. The summed E-state index contributed by atoms with van der Waals surface area (Å²) >= 11 is 2.66. The zero-order valence-corrected chi connectivity index (χ0v) is 12.1. The van der Waals surface area contributed by atoms with E-state index in [1.165, 1.54) is 36.5 Å². The lowest BCUT2D eigenvalue weighted by Crippen LogP contribution is -2.04. The first-order valence-electron chi connectivity index (χ1n) is 5.09. The van der Waals surface area contributed by atoms with Crippen LogP contribution in [0.2, 0.25) is 0 Å². The highest BCUT2D eigenvalue weighted by molar-refractivity contribution is 7.15. The van der Waals surface area contributed by atoms with Gasteiger partial charge >= 0.3 is 0 Å². The SMILES string of the molecule is CC(=O)Nc1nnc(C)s1.CC(=O)Nc1nncs1. The van der Waals surface area contributed by atoms with Gasteiger partial charge < -0.3 is 10.6 Å². The van der Waals surface area contributed by atoms with Gasteiger partial charge in [-0.1, -0.05) is 22.7 Å². The monoisotopic (exact) mass is 300 g/mol. The van der Waals surface area contributed by atoms with Gasteiger partial charge in [0.25, 0.3) is 0 Å². The molecule has 0 unspecified atom stereocenters. The first-order valence-corrected chi connectivity index (χ1v) is 6.78. The Morgan fingerprint density at radius 2 is 1.68 bits per heavy atom. The maximum absolute atomic E-state index is 10.5. The van der Waals surface area contributed by atoms with Crippen molar-refractivity contribution in [3.8, 4) is 0 Å². The van der Waals surface area contributed by atoms with Crippen LogP contribution >= 0.6 is 22.7 Å². The molecular formula is C9H12N6O2S2. The highest BCUT2D eigenvalue weighted by atomic mass is 32.1. The first-order chi connectivity index (χ1) is 8.97. The molecule has 0 atom stereocenters. The van der Waals surface area contributed by atoms with E-state index in [2.05, 4.69) is 31.0 Å². The molecule has 0 aliphatic carbocycles. The Hall–Kier alpha value is -1.94. The lowest BCUT2D eigenvalue weighted by atomic mass is 10.7. The molecule has 0 spiro atoms. The van der Waals surface area contributed by atoms with E-state index in [9.17, 15) is 9.59 Å². The number of nitrogens with one attached hydrogen (secondary N) is 2. The van der Waals surface area contributed by atoms with E-state index in [0.29, 0.717) is 10.3 Å². The van der Waals surface area contributed by atoms with E-state index in [1.807, 2.05) is 6.92 Å². The van der Waals surface area contributed by atoms with Gasteiger partial charge in [0.2, 0.25) is 22.1 Å². The van der Waals surface area contributed by atoms with Gasteiger partial charge in [0, 0.05) is 13.8 Å². The van der Waals surface area contributed by atoms with Crippen molar-refractivity contribution in [3.63, 3.8) is 0 Å². The van der Waals surface area contributed by atoms with Crippen molar-refractivity contribution in [1.29, 1.82) is 0 Å². The fourth-order valence-corrected chi connectivity index (χ4v) is 2.00. The van der Waals surface area contributed by atoms with E-state index in [4.69, 9.17) is 0 Å². The molecule has 2 aromatic rings. The second-order valence-electron chi connectivity index (χ2n) is 3.23. The van der Waals surface area contributed by atoms with Crippen molar-refractivity contribution in [2.24, 2.45) is 0 Å². The molecule has 2 amide bonds. The van der Waals surface area contributed by atoms with Crippen molar-refractivity contribution < 1.29 is 9.59 Å². The molecule has 2 rings (SSSR count). The average Bonchev–Trinajstić information content (AvgIpc) is 2.90. The summed E-state index contributed by atoms with van der Waals surface area (Å²) < 4.78 is 0. The number of aromatic nitrogens is 4. The van der Waals surface area contributed by atoms with Crippen LogP contribution in [-0.2, 0) is 9.59 Å². The molecule has 2 aromatic heterocycles. The van der Waals surface area contributed by atoms with Crippen LogP contribution in [0.5, 0.6) is 0 Å². The largest absolute Gasteiger partial charge is 0.301 e. The summed E-state index contributed by atoms with van der Waals surface area (Å²) in [7, 11) is 0. The summed E-state index contributed by atoms with van der Waals surface area (Å²) in [5.41, 5.74) is 1.56. The number of aryl methyl sites for hydroxylation is 1. The molecule has 0 radical (unpaired) electrons. The molecule has 102 valence electrons. The molecule has 0 bridgehead atoms. The van der Waals surface area contributed by atoms with Crippen LogP contribution in [0, 0.1) is 6.92 Å². The number of nitrogens with zero attached hydrogens (tertiary/aromatic N) is 4. The molecule has 2 heterocycles. The van der Waals surface area contributed by atoms with Crippen molar-refractivity contribution in [1.82, 2.24) is 20.4 Å². The third-order valence-corrected chi connectivity index (χ3v) is 2.81. The molecule has 0 aromatic carbocycles. The molecule has 10 heteroatoms. The van der Waals surface area contributed by atoms with Gasteiger partial charge in [-0.25, -0.2) is 0 Å². The van der Waals surface area contributed by atoms with Crippen LogP contribution < -0.4 is 10.6 Å². The van der Waals surface area contributed by atoms with Crippen LogP contribution in [0.3, 0.4) is 0 Å². The highest BCUT2D eigenvalue weighted by Gasteiger charge is 1.99. The topological polar surface area (TPSA) is 110 Å². The molecular weight excluding hydrogens is 288 g/mol. The summed E-state index contributed by atoms with van der Waals surface area (Å²) in [5.74, 6) is -0.233. The third-order valence-electron chi connectivity index (χ3n) is 1.45. The van der Waals surface area contributed by atoms with Gasteiger partial charge in [-0.05, 0) is 6.92 Å². The van der Waals surface area contributed by atoms with E-state index < -0.39 is 0 Å². The summed E-state index contributed by atoms with van der Waals surface area (Å²) in [6, 6.07) is 0. The molecule has 0 aliphatic heterocycles. The normalized spacial score (nSPS) is 9.21. The van der Waals surface area contributed by atoms with E-state index in [0.717, 1.165) is 5.01 Å². The quantitative estimate of drug-likeness (QED) is 0.865. The molecule has 19 heavy (non-hydrogen) atoms. The minimum Gasteiger partial charge on any atom is -0.301 e. The van der Waals surface area contributed by atoms with Crippen molar-refractivity contribution in [2.45, 2.75) is 20.8 Å². The number of hydrogen-bond donors (Lipinski definition) is 2. The zero-order valence-electron chi connectivity index (χ0n) is 10.5. The Balaban J connectivity index is 0.000000191. The molecule has 0 saturated carbocycles. The summed E-state index contributed by atoms with van der Waals surface area (Å²) in [6.07, 6.45) is 0. The predicted molar refractivity (Wildman–Crippen MR) is 73.2 cm³/mol. The van der Waals surface area contributed by atoms with Crippen LogP contribution in [0.1, 0.15) is 18.9 Å². The standard InChI is InChI=1S/C5H7N3OS.C4H5N3OS/c1-3(9)6-5-8-7-4(2)10-5;1-3(8)6-4-7-5-2-9-4/h1-2H3,(H,6,8,9);2H,1H3,(H,6,7,8). The second kappa shape index (κ2) is 7.48. The molecule has 2 N–H and O–H groups in total. The maximum atomic E-state index is 10.5. The highest BCUT2D eigenvalue weighted by Crippen LogP contribution is 2.12. The molecule has 8 nitrogen and oxygen atoms in total. The Morgan fingerprint density at radius 3 is 2.11 bits per heavy atom. The van der Waals surface area contributed by atoms with Gasteiger partial charge in [0.15, 0.2) is 0 Å². The van der Waals surface area contributed by atoms with E-state index in [-0.39, 0.29) is 11.8 Å². The molecule has 0 aliphatic rings. The second-order valence-corrected chi connectivity index (χ2v) is 5.25. The minimum absolute atomic E-state index is 0.115. The fourth-order valence-electron chi connectivity index (χ4n) is 0.876. The number of carbonyl (C=O) groups excluding carboxylic acids is 2. The minimum atomic E-state index is -0.119. The number of amides is 2. The summed E-state index contributed by atoms with van der Waals surface area (Å²) in [5, 5.41) is 21.5. The number of carbonyl (C=O) groups is 2. The maximum Gasteiger partial charge on any atom is 0.223 e. The summed E-state index contributed by atoms with van der Waals surface area (Å²) in [6.45, 7) is 4.71. The Bertz CT molecular complexity index is 539. The van der Waals surface area contributed by atoms with Gasteiger partial charge in [0.1, 0.15) is 10.5 Å². The summed E-state index contributed by atoms with van der Waals surface area (Å²) in [4.78, 5) is 20.8. The van der Waals surface area contributed by atoms with Gasteiger partial charge in [-0.15, -0.1) is 20.4 Å². The van der Waals surface area contributed by atoms with Crippen molar-refractivity contribution in [2.75, 3.05) is 10.6 Å².